The van der Waals surface area contributed by atoms with Crippen LogP contribution in [0.3, 0.4) is 0 Å². The minimum absolute atomic E-state index is 0.187. The lowest BCUT2D eigenvalue weighted by atomic mass is 9.97. The maximum atomic E-state index is 12.6. The lowest BCUT2D eigenvalue weighted by Crippen LogP contribution is -2.55. The number of carbonyl (C=O) groups is 4. The van der Waals surface area contributed by atoms with E-state index in [1.807, 2.05) is 13.8 Å². The molecule has 3 atom stereocenters. The fraction of sp³-hybridized carbons (Fsp3) is 0.818. The average molecular weight is 444 g/mol. The molecule has 0 radical (unpaired) electrons. The van der Waals surface area contributed by atoms with Gasteiger partial charge < -0.3 is 26.6 Å². The molecule has 0 aromatic rings. The smallest absolute Gasteiger partial charge is 0.305 e. The molecule has 0 aliphatic carbocycles. The van der Waals surface area contributed by atoms with Gasteiger partial charge in [-0.05, 0) is 18.8 Å². The number of carboxylic acids is 1. The van der Waals surface area contributed by atoms with Gasteiger partial charge in [-0.1, -0.05) is 65.2 Å². The minimum atomic E-state index is -1.32. The average Bonchev–Trinajstić information content (AvgIpc) is 2.71. The maximum absolute atomic E-state index is 12.6. The van der Waals surface area contributed by atoms with Gasteiger partial charge >= 0.3 is 5.97 Å². The van der Waals surface area contributed by atoms with Crippen LogP contribution in [0.2, 0.25) is 0 Å². The number of hydrogen-bond acceptors (Lipinski definition) is 5. The molecule has 0 saturated heterocycles. The molecule has 0 aliphatic heterocycles. The molecular formula is C22H41N3O6. The van der Waals surface area contributed by atoms with Crippen LogP contribution in [0.4, 0.5) is 0 Å². The number of aliphatic carboxylic acids is 1. The fourth-order valence-corrected chi connectivity index (χ4v) is 3.24. The Balaban J connectivity index is 4.36. The number of nitrogens with two attached hydrogens (primary N) is 1. The Hall–Kier alpha value is -2.16. The van der Waals surface area contributed by atoms with Crippen LogP contribution in [0, 0.1) is 5.92 Å². The van der Waals surface area contributed by atoms with E-state index in [9.17, 15) is 19.2 Å². The van der Waals surface area contributed by atoms with Crippen LogP contribution in [0.25, 0.3) is 0 Å². The summed E-state index contributed by atoms with van der Waals surface area (Å²) in [5, 5.41) is 22.7. The first-order valence-corrected chi connectivity index (χ1v) is 11.4. The van der Waals surface area contributed by atoms with Gasteiger partial charge in [0, 0.05) is 13.0 Å². The highest BCUT2D eigenvalue weighted by Crippen LogP contribution is 2.12. The summed E-state index contributed by atoms with van der Waals surface area (Å²) in [5.74, 6) is -3.21. The highest BCUT2D eigenvalue weighted by atomic mass is 16.4. The van der Waals surface area contributed by atoms with Gasteiger partial charge in [0.1, 0.15) is 12.1 Å². The summed E-state index contributed by atoms with van der Waals surface area (Å²) in [7, 11) is 0. The molecule has 0 saturated carbocycles. The van der Waals surface area contributed by atoms with Crippen LogP contribution < -0.4 is 16.4 Å². The highest BCUT2D eigenvalue weighted by Gasteiger charge is 2.29. The van der Waals surface area contributed by atoms with Crippen molar-refractivity contribution in [3.63, 3.8) is 0 Å². The highest BCUT2D eigenvalue weighted by molar-refractivity contribution is 5.93. The summed E-state index contributed by atoms with van der Waals surface area (Å²) in [6.07, 6.45) is 9.57. The van der Waals surface area contributed by atoms with Crippen LogP contribution in [0.15, 0.2) is 0 Å². The number of carboxylic acid groups (broad SMARTS) is 1. The molecule has 0 aromatic heterocycles. The number of rotatable bonds is 19. The second-order valence-corrected chi connectivity index (χ2v) is 8.15. The number of aliphatic hydroxyl groups excluding tert-OH is 1. The first kappa shape index (κ1) is 28.8. The van der Waals surface area contributed by atoms with Crippen molar-refractivity contribution in [2.75, 3.05) is 6.61 Å². The molecule has 31 heavy (non-hydrogen) atoms. The number of unbranched alkanes of at least 4 members (excludes halogenated alkanes) is 8. The van der Waals surface area contributed by atoms with E-state index in [1.54, 1.807) is 0 Å². The number of amides is 3. The van der Waals surface area contributed by atoms with Gasteiger partial charge in [0.15, 0.2) is 0 Å². The van der Waals surface area contributed by atoms with Crippen LogP contribution in [-0.4, -0.2) is 52.6 Å². The van der Waals surface area contributed by atoms with E-state index in [4.69, 9.17) is 15.9 Å². The largest absolute Gasteiger partial charge is 0.481 e. The van der Waals surface area contributed by atoms with Crippen molar-refractivity contribution in [3.05, 3.63) is 0 Å². The topological polar surface area (TPSA) is 159 Å². The molecule has 0 bridgehead atoms. The first-order chi connectivity index (χ1) is 14.7. The minimum Gasteiger partial charge on any atom is -0.481 e. The molecule has 0 fully saturated rings. The van der Waals surface area contributed by atoms with Gasteiger partial charge in [-0.3, -0.25) is 19.2 Å². The van der Waals surface area contributed by atoms with Crippen molar-refractivity contribution in [1.29, 1.82) is 0 Å². The van der Waals surface area contributed by atoms with E-state index in [2.05, 4.69) is 10.6 Å². The Kier molecular flexibility index (Phi) is 16.3. The quantitative estimate of drug-likeness (QED) is 0.192. The predicted octanol–water partition coefficient (Wildman–Crippen LogP) is 1.86. The second kappa shape index (κ2) is 17.5. The van der Waals surface area contributed by atoms with Crippen LogP contribution in [0.1, 0.15) is 90.9 Å². The van der Waals surface area contributed by atoms with Crippen LogP contribution in [0.5, 0.6) is 0 Å². The van der Waals surface area contributed by atoms with Gasteiger partial charge in [-0.15, -0.1) is 0 Å². The Labute approximate surface area is 185 Å². The standard InChI is InChI=1S/C22H41N3O6/c1-3-16(2)20(22(31)24-17(21(23)30)15-19(28)29)25-18(27)13-11-9-7-5-4-6-8-10-12-14-26/h16-17,20,26H,3-15H2,1-2H3,(H2,23,30)(H,24,31)(H,25,27)(H,28,29). The van der Waals surface area contributed by atoms with Gasteiger partial charge in [0.2, 0.25) is 17.7 Å². The fourth-order valence-electron chi connectivity index (χ4n) is 3.24. The number of hydrogen-bond donors (Lipinski definition) is 5. The Bertz CT molecular complexity index is 555. The zero-order chi connectivity index (χ0) is 23.6. The molecule has 0 rings (SSSR count). The van der Waals surface area contributed by atoms with Crippen molar-refractivity contribution in [2.45, 2.75) is 103 Å². The number of nitrogens with one attached hydrogen (secondary N) is 2. The van der Waals surface area contributed by atoms with Crippen molar-refractivity contribution >= 4 is 23.7 Å². The first-order valence-electron chi connectivity index (χ1n) is 11.4. The summed E-state index contributed by atoms with van der Waals surface area (Å²) < 4.78 is 0. The summed E-state index contributed by atoms with van der Waals surface area (Å²) >= 11 is 0. The third kappa shape index (κ3) is 14.5. The van der Waals surface area contributed by atoms with E-state index in [-0.39, 0.29) is 18.4 Å². The third-order valence-electron chi connectivity index (χ3n) is 5.41. The Morgan fingerprint density at radius 2 is 1.39 bits per heavy atom. The zero-order valence-electron chi connectivity index (χ0n) is 19.0. The molecule has 0 spiro atoms. The summed E-state index contributed by atoms with van der Waals surface area (Å²) in [6, 6.07) is -2.18. The van der Waals surface area contributed by atoms with Crippen molar-refractivity contribution in [2.24, 2.45) is 11.7 Å². The number of aliphatic hydroxyl groups is 1. The Morgan fingerprint density at radius 3 is 1.84 bits per heavy atom. The van der Waals surface area contributed by atoms with E-state index in [1.165, 1.54) is 6.42 Å². The van der Waals surface area contributed by atoms with Crippen molar-refractivity contribution in [3.8, 4) is 0 Å². The zero-order valence-corrected chi connectivity index (χ0v) is 19.0. The summed E-state index contributed by atoms with van der Waals surface area (Å²) in [5.41, 5.74) is 5.17. The third-order valence-corrected chi connectivity index (χ3v) is 5.41. The molecule has 3 unspecified atom stereocenters. The number of primary amides is 1. The monoisotopic (exact) mass is 443 g/mol. The van der Waals surface area contributed by atoms with Crippen molar-refractivity contribution in [1.82, 2.24) is 10.6 Å². The molecule has 3 amide bonds. The summed E-state index contributed by atoms with van der Waals surface area (Å²) in [4.78, 5) is 47.2. The SMILES string of the molecule is CCC(C)C(NC(=O)CCCCCCCCCCCO)C(=O)NC(CC(=O)O)C(N)=O. The van der Waals surface area contributed by atoms with Gasteiger partial charge in [0.05, 0.1) is 6.42 Å². The van der Waals surface area contributed by atoms with E-state index in [0.29, 0.717) is 12.8 Å². The van der Waals surface area contributed by atoms with Gasteiger partial charge in [-0.2, -0.15) is 0 Å². The van der Waals surface area contributed by atoms with E-state index < -0.39 is 36.3 Å². The molecular weight excluding hydrogens is 402 g/mol. The van der Waals surface area contributed by atoms with Crippen molar-refractivity contribution < 1.29 is 29.4 Å². The van der Waals surface area contributed by atoms with E-state index in [0.717, 1.165) is 51.4 Å². The van der Waals surface area contributed by atoms with Gasteiger partial charge in [-0.25, -0.2) is 0 Å². The number of carbonyl (C=O) groups excluding carboxylic acids is 3. The molecule has 180 valence electrons. The predicted molar refractivity (Wildman–Crippen MR) is 118 cm³/mol. The lowest BCUT2D eigenvalue weighted by Gasteiger charge is -2.25. The normalized spacial score (nSPS) is 13.8. The Morgan fingerprint density at radius 1 is 0.871 bits per heavy atom. The van der Waals surface area contributed by atoms with E-state index >= 15 is 0 Å². The summed E-state index contributed by atoms with van der Waals surface area (Å²) in [6.45, 7) is 3.95. The molecule has 9 nitrogen and oxygen atoms in total. The van der Waals surface area contributed by atoms with Crippen LogP contribution in [-0.2, 0) is 19.2 Å². The lowest BCUT2D eigenvalue weighted by molar-refractivity contribution is -0.140. The molecule has 0 aromatic carbocycles. The van der Waals surface area contributed by atoms with Gasteiger partial charge in [0.25, 0.3) is 0 Å². The van der Waals surface area contributed by atoms with Crippen LogP contribution >= 0.6 is 0 Å². The molecule has 0 aliphatic rings. The molecule has 6 N–H and O–H groups in total. The molecule has 0 heterocycles. The molecule has 9 heteroatoms. The second-order valence-electron chi connectivity index (χ2n) is 8.15. The maximum Gasteiger partial charge on any atom is 0.305 e.